The first-order chi connectivity index (χ1) is 14.3. The summed E-state index contributed by atoms with van der Waals surface area (Å²) in [5.41, 5.74) is 2.94. The molecule has 0 radical (unpaired) electrons. The van der Waals surface area contributed by atoms with Crippen molar-refractivity contribution in [3.05, 3.63) is 83.8 Å². The fourth-order valence-corrected chi connectivity index (χ4v) is 2.79. The predicted molar refractivity (Wildman–Crippen MR) is 104 cm³/mol. The number of carbonyl (C=O) groups is 1. The van der Waals surface area contributed by atoms with Gasteiger partial charge in [0.2, 0.25) is 5.89 Å². The molecule has 0 bridgehead atoms. The average molecular weight is 389 g/mol. The van der Waals surface area contributed by atoms with Crippen LogP contribution in [0.15, 0.2) is 65.4 Å². The summed E-state index contributed by atoms with van der Waals surface area (Å²) >= 11 is 0. The smallest absolute Gasteiger partial charge is 0.315 e. The number of hydrogen-bond donors (Lipinski definition) is 3. The van der Waals surface area contributed by atoms with E-state index in [2.05, 4.69) is 36.0 Å². The standard InChI is InChI=1S/C20H19N7O2/c28-20(21-11-15-7-4-8-16(9-15)19-23-13-24-26-19)22-12-18-25-17(27-29-18)10-14-5-2-1-3-6-14/h1-9,13H,10-12H2,(H2,21,22,28)(H,23,24,26). The van der Waals surface area contributed by atoms with Crippen LogP contribution in [0, 0.1) is 0 Å². The Morgan fingerprint density at radius 1 is 1.00 bits per heavy atom. The van der Waals surface area contributed by atoms with E-state index >= 15 is 0 Å². The van der Waals surface area contributed by atoms with Crippen molar-refractivity contribution in [1.82, 2.24) is 36.0 Å². The van der Waals surface area contributed by atoms with Crippen molar-refractivity contribution in [3.63, 3.8) is 0 Å². The molecule has 9 heteroatoms. The number of H-pyrrole nitrogens is 1. The van der Waals surface area contributed by atoms with Crippen molar-refractivity contribution in [1.29, 1.82) is 0 Å². The monoisotopic (exact) mass is 389 g/mol. The van der Waals surface area contributed by atoms with Gasteiger partial charge in [-0.15, -0.1) is 0 Å². The van der Waals surface area contributed by atoms with Crippen LogP contribution in [-0.2, 0) is 19.5 Å². The van der Waals surface area contributed by atoms with Crippen molar-refractivity contribution < 1.29 is 9.32 Å². The molecule has 0 unspecified atom stereocenters. The average Bonchev–Trinajstić information content (AvgIpc) is 3.44. The van der Waals surface area contributed by atoms with Gasteiger partial charge >= 0.3 is 6.03 Å². The van der Waals surface area contributed by atoms with Gasteiger partial charge in [0.05, 0.1) is 6.54 Å². The van der Waals surface area contributed by atoms with Crippen LogP contribution in [0.4, 0.5) is 4.79 Å². The molecule has 0 atom stereocenters. The Balaban J connectivity index is 1.25. The van der Waals surface area contributed by atoms with Gasteiger partial charge in [-0.1, -0.05) is 53.7 Å². The lowest BCUT2D eigenvalue weighted by Crippen LogP contribution is -2.34. The highest BCUT2D eigenvalue weighted by atomic mass is 16.5. The van der Waals surface area contributed by atoms with Gasteiger partial charge in [-0.2, -0.15) is 10.1 Å². The maximum Gasteiger partial charge on any atom is 0.315 e. The quantitative estimate of drug-likeness (QED) is 0.446. The molecular formula is C20H19N7O2. The highest BCUT2D eigenvalue weighted by Crippen LogP contribution is 2.15. The van der Waals surface area contributed by atoms with Crippen LogP contribution < -0.4 is 10.6 Å². The minimum Gasteiger partial charge on any atom is -0.337 e. The fraction of sp³-hybridized carbons (Fsp3) is 0.150. The fourth-order valence-electron chi connectivity index (χ4n) is 2.79. The first-order valence-corrected chi connectivity index (χ1v) is 9.08. The Labute approximate surface area is 166 Å². The van der Waals surface area contributed by atoms with Crippen LogP contribution in [0.5, 0.6) is 0 Å². The molecule has 9 nitrogen and oxygen atoms in total. The molecular weight excluding hydrogens is 370 g/mol. The topological polar surface area (TPSA) is 122 Å². The number of amides is 2. The van der Waals surface area contributed by atoms with Crippen LogP contribution in [0.25, 0.3) is 11.4 Å². The highest BCUT2D eigenvalue weighted by molar-refractivity contribution is 5.73. The van der Waals surface area contributed by atoms with E-state index in [1.54, 1.807) is 0 Å². The van der Waals surface area contributed by atoms with Crippen molar-refractivity contribution in [2.45, 2.75) is 19.5 Å². The van der Waals surface area contributed by atoms with Crippen molar-refractivity contribution in [3.8, 4) is 11.4 Å². The zero-order valence-corrected chi connectivity index (χ0v) is 15.5. The summed E-state index contributed by atoms with van der Waals surface area (Å²) in [7, 11) is 0. The molecule has 3 N–H and O–H groups in total. The van der Waals surface area contributed by atoms with Crippen LogP contribution in [-0.4, -0.2) is 31.4 Å². The lowest BCUT2D eigenvalue weighted by molar-refractivity contribution is 0.238. The van der Waals surface area contributed by atoms with Gasteiger partial charge in [-0.25, -0.2) is 9.78 Å². The van der Waals surface area contributed by atoms with E-state index in [0.717, 1.165) is 16.7 Å². The molecule has 0 saturated heterocycles. The molecule has 0 aliphatic carbocycles. The molecule has 146 valence electrons. The molecule has 29 heavy (non-hydrogen) atoms. The maximum absolute atomic E-state index is 12.1. The number of hydrogen-bond acceptors (Lipinski definition) is 6. The number of urea groups is 1. The second-order valence-corrected chi connectivity index (χ2v) is 6.34. The molecule has 0 spiro atoms. The van der Waals surface area contributed by atoms with Crippen molar-refractivity contribution in [2.24, 2.45) is 0 Å². The molecule has 0 aliphatic heterocycles. The number of nitrogens with one attached hydrogen (secondary N) is 3. The summed E-state index contributed by atoms with van der Waals surface area (Å²) in [6.45, 7) is 0.530. The van der Waals surface area contributed by atoms with Crippen LogP contribution in [0.1, 0.15) is 22.8 Å². The SMILES string of the molecule is O=C(NCc1cccc(-c2ncn[nH]2)c1)NCc1nc(Cc2ccccc2)no1. The second kappa shape index (κ2) is 8.79. The normalized spacial score (nSPS) is 10.6. The summed E-state index contributed by atoms with van der Waals surface area (Å²) < 4.78 is 5.19. The minimum absolute atomic E-state index is 0.158. The molecule has 2 aromatic carbocycles. The molecule has 4 rings (SSSR count). The number of benzene rings is 2. The molecule has 2 heterocycles. The van der Waals surface area contributed by atoms with Crippen LogP contribution >= 0.6 is 0 Å². The summed E-state index contributed by atoms with van der Waals surface area (Å²) in [5, 5.41) is 16.1. The van der Waals surface area contributed by atoms with Gasteiger partial charge in [0.1, 0.15) is 6.33 Å². The van der Waals surface area contributed by atoms with Crippen molar-refractivity contribution >= 4 is 6.03 Å². The Bertz CT molecular complexity index is 1060. The maximum atomic E-state index is 12.1. The molecule has 4 aromatic rings. The molecule has 0 saturated carbocycles. The van der Waals surface area contributed by atoms with E-state index in [4.69, 9.17) is 4.52 Å². The van der Waals surface area contributed by atoms with E-state index in [-0.39, 0.29) is 12.6 Å². The number of aromatic nitrogens is 5. The minimum atomic E-state index is -0.321. The van der Waals surface area contributed by atoms with Crippen LogP contribution in [0.2, 0.25) is 0 Å². The third-order valence-electron chi connectivity index (χ3n) is 4.18. The molecule has 2 aromatic heterocycles. The lowest BCUT2D eigenvalue weighted by atomic mass is 10.1. The lowest BCUT2D eigenvalue weighted by Gasteiger charge is -2.07. The van der Waals surface area contributed by atoms with Crippen LogP contribution in [0.3, 0.4) is 0 Å². The Morgan fingerprint density at radius 2 is 1.83 bits per heavy atom. The van der Waals surface area contributed by atoms with E-state index in [0.29, 0.717) is 30.5 Å². The van der Waals surface area contributed by atoms with Gasteiger partial charge in [-0.3, -0.25) is 5.10 Å². The number of aromatic amines is 1. The van der Waals surface area contributed by atoms with E-state index in [1.165, 1.54) is 6.33 Å². The zero-order chi connectivity index (χ0) is 19.9. The number of carbonyl (C=O) groups excluding carboxylic acids is 1. The summed E-state index contributed by atoms with van der Waals surface area (Å²) in [6.07, 6.45) is 2.04. The predicted octanol–water partition coefficient (Wildman–Crippen LogP) is 2.44. The van der Waals surface area contributed by atoms with Gasteiger partial charge in [0.15, 0.2) is 11.6 Å². The molecule has 0 aliphatic rings. The first kappa shape index (κ1) is 18.4. The Kier molecular flexibility index (Phi) is 5.56. The number of nitrogens with zero attached hydrogens (tertiary/aromatic N) is 4. The number of rotatable bonds is 7. The van der Waals surface area contributed by atoms with E-state index in [9.17, 15) is 4.79 Å². The van der Waals surface area contributed by atoms with Crippen molar-refractivity contribution in [2.75, 3.05) is 0 Å². The van der Waals surface area contributed by atoms with Gasteiger partial charge in [-0.05, 0) is 17.2 Å². The Hall–Kier alpha value is -4.01. The second-order valence-electron chi connectivity index (χ2n) is 6.34. The van der Waals surface area contributed by atoms with E-state index in [1.807, 2.05) is 54.6 Å². The summed E-state index contributed by atoms with van der Waals surface area (Å²) in [4.78, 5) is 20.5. The Morgan fingerprint density at radius 3 is 2.66 bits per heavy atom. The van der Waals surface area contributed by atoms with E-state index < -0.39 is 0 Å². The highest BCUT2D eigenvalue weighted by Gasteiger charge is 2.09. The zero-order valence-electron chi connectivity index (χ0n) is 15.5. The largest absolute Gasteiger partial charge is 0.337 e. The van der Waals surface area contributed by atoms with Gasteiger partial charge < -0.3 is 15.2 Å². The molecule has 0 fully saturated rings. The summed E-state index contributed by atoms with van der Waals surface area (Å²) in [5.74, 6) is 1.62. The molecule has 2 amide bonds. The third-order valence-corrected chi connectivity index (χ3v) is 4.18. The van der Waals surface area contributed by atoms with Gasteiger partial charge in [0.25, 0.3) is 0 Å². The third kappa shape index (κ3) is 5.04. The van der Waals surface area contributed by atoms with Gasteiger partial charge in [0, 0.05) is 18.5 Å². The summed E-state index contributed by atoms with van der Waals surface area (Å²) in [6, 6.07) is 17.2. The first-order valence-electron chi connectivity index (χ1n) is 9.08.